The number of aromatic nitrogens is 1. The Morgan fingerprint density at radius 1 is 0.853 bits per heavy atom. The molecule has 0 unspecified atom stereocenters. The van der Waals surface area contributed by atoms with Crippen LogP contribution >= 0.6 is 0 Å². The number of aryl methyl sites for hydroxylation is 2. The molecule has 1 aromatic heterocycles. The highest BCUT2D eigenvalue weighted by molar-refractivity contribution is 7.91. The maximum absolute atomic E-state index is 14.3. The number of sulfone groups is 1. The van der Waals surface area contributed by atoms with Crippen LogP contribution in [0.1, 0.15) is 11.1 Å². The van der Waals surface area contributed by atoms with Crippen molar-refractivity contribution in [1.29, 1.82) is 0 Å². The lowest BCUT2D eigenvalue weighted by molar-refractivity contribution is 0.593. The standard InChI is InChI=1S/C27H26FN3O2S/c1-19-8-11-25(20(2)16-19)30-12-14-31(15-13-30)27-23-17-21(28)9-10-24(23)29-18-26(27)34(32,33)22-6-4-3-5-7-22/h3-11,16-18H,12-15H2,1-2H3. The minimum absolute atomic E-state index is 0.108. The van der Waals surface area contributed by atoms with E-state index < -0.39 is 15.7 Å². The second-order valence-electron chi connectivity index (χ2n) is 8.71. The molecule has 174 valence electrons. The predicted octanol–water partition coefficient (Wildman–Crippen LogP) is 5.15. The maximum atomic E-state index is 14.3. The minimum Gasteiger partial charge on any atom is -0.368 e. The molecule has 1 aliphatic rings. The summed E-state index contributed by atoms with van der Waals surface area (Å²) in [6.07, 6.45) is 1.41. The number of rotatable bonds is 4. The lowest BCUT2D eigenvalue weighted by atomic mass is 10.1. The van der Waals surface area contributed by atoms with Crippen LogP contribution in [0, 0.1) is 19.7 Å². The van der Waals surface area contributed by atoms with Crippen LogP contribution in [0.2, 0.25) is 0 Å². The zero-order valence-electron chi connectivity index (χ0n) is 19.2. The maximum Gasteiger partial charge on any atom is 0.210 e. The van der Waals surface area contributed by atoms with Crippen LogP contribution in [0.4, 0.5) is 15.8 Å². The van der Waals surface area contributed by atoms with Gasteiger partial charge < -0.3 is 9.80 Å². The van der Waals surface area contributed by atoms with Crippen LogP contribution in [0.15, 0.2) is 82.7 Å². The van der Waals surface area contributed by atoms with Gasteiger partial charge in [0, 0.05) is 43.4 Å². The van der Waals surface area contributed by atoms with Gasteiger partial charge >= 0.3 is 0 Å². The Hall–Kier alpha value is -3.45. The van der Waals surface area contributed by atoms with Crippen molar-refractivity contribution in [3.63, 3.8) is 0 Å². The number of pyridine rings is 1. The van der Waals surface area contributed by atoms with Gasteiger partial charge in [-0.25, -0.2) is 12.8 Å². The van der Waals surface area contributed by atoms with E-state index in [0.29, 0.717) is 29.7 Å². The van der Waals surface area contributed by atoms with Crippen molar-refractivity contribution in [3.8, 4) is 0 Å². The summed E-state index contributed by atoms with van der Waals surface area (Å²) in [7, 11) is -3.84. The summed E-state index contributed by atoms with van der Waals surface area (Å²) >= 11 is 0. The molecule has 1 aliphatic heterocycles. The smallest absolute Gasteiger partial charge is 0.210 e. The van der Waals surface area contributed by atoms with E-state index in [2.05, 4.69) is 46.8 Å². The first-order valence-electron chi connectivity index (χ1n) is 11.3. The van der Waals surface area contributed by atoms with Gasteiger partial charge in [-0.3, -0.25) is 4.98 Å². The molecule has 7 heteroatoms. The van der Waals surface area contributed by atoms with E-state index >= 15 is 0 Å². The number of benzene rings is 3. The summed E-state index contributed by atoms with van der Waals surface area (Å²) in [5.74, 6) is -0.418. The molecule has 0 bridgehead atoms. The molecule has 0 aliphatic carbocycles. The number of anilines is 2. The zero-order valence-corrected chi connectivity index (χ0v) is 20.0. The molecule has 34 heavy (non-hydrogen) atoms. The molecule has 0 spiro atoms. The van der Waals surface area contributed by atoms with Crippen molar-refractivity contribution in [3.05, 3.63) is 89.9 Å². The van der Waals surface area contributed by atoms with E-state index in [1.54, 1.807) is 36.4 Å². The second-order valence-corrected chi connectivity index (χ2v) is 10.6. The third-order valence-electron chi connectivity index (χ3n) is 6.40. The van der Waals surface area contributed by atoms with Crippen LogP contribution in [0.5, 0.6) is 0 Å². The monoisotopic (exact) mass is 475 g/mol. The Bertz CT molecular complexity index is 1460. The second kappa shape index (κ2) is 8.72. The number of hydrogen-bond donors (Lipinski definition) is 0. The number of piperazine rings is 1. The van der Waals surface area contributed by atoms with Crippen molar-refractivity contribution in [2.24, 2.45) is 0 Å². The average Bonchev–Trinajstić information content (AvgIpc) is 2.84. The van der Waals surface area contributed by atoms with Crippen molar-refractivity contribution in [1.82, 2.24) is 4.98 Å². The predicted molar refractivity (Wildman–Crippen MR) is 134 cm³/mol. The van der Waals surface area contributed by atoms with E-state index in [9.17, 15) is 12.8 Å². The summed E-state index contributed by atoms with van der Waals surface area (Å²) in [6.45, 7) is 6.87. The number of nitrogens with zero attached hydrogens (tertiary/aromatic N) is 3. The van der Waals surface area contributed by atoms with Gasteiger partial charge in [0.2, 0.25) is 9.84 Å². The first-order valence-corrected chi connectivity index (χ1v) is 12.8. The molecule has 0 N–H and O–H groups in total. The van der Waals surface area contributed by atoms with E-state index in [1.165, 1.54) is 35.1 Å². The van der Waals surface area contributed by atoms with E-state index in [0.717, 1.165) is 13.1 Å². The molecule has 5 nitrogen and oxygen atoms in total. The fourth-order valence-corrected chi connectivity index (χ4v) is 6.17. The average molecular weight is 476 g/mol. The summed E-state index contributed by atoms with van der Waals surface area (Å²) in [4.78, 5) is 9.05. The Labute approximate surface area is 199 Å². The van der Waals surface area contributed by atoms with Crippen molar-refractivity contribution < 1.29 is 12.8 Å². The molecule has 1 fully saturated rings. The van der Waals surface area contributed by atoms with Crippen molar-refractivity contribution >= 4 is 32.1 Å². The highest BCUT2D eigenvalue weighted by atomic mass is 32.2. The van der Waals surface area contributed by atoms with Crippen molar-refractivity contribution in [2.75, 3.05) is 36.0 Å². The van der Waals surface area contributed by atoms with Gasteiger partial charge in [-0.15, -0.1) is 0 Å². The van der Waals surface area contributed by atoms with Crippen LogP contribution in [0.3, 0.4) is 0 Å². The third kappa shape index (κ3) is 4.01. The zero-order chi connectivity index (χ0) is 23.9. The van der Waals surface area contributed by atoms with E-state index in [-0.39, 0.29) is 9.79 Å². The van der Waals surface area contributed by atoms with Crippen LogP contribution < -0.4 is 9.80 Å². The summed E-state index contributed by atoms with van der Waals surface area (Å²) in [6, 6.07) is 19.1. The molecule has 1 saturated heterocycles. The van der Waals surface area contributed by atoms with Gasteiger partial charge in [0.05, 0.1) is 16.1 Å². The van der Waals surface area contributed by atoms with Gasteiger partial charge in [0.25, 0.3) is 0 Å². The molecular formula is C27H26FN3O2S. The Morgan fingerprint density at radius 3 is 2.26 bits per heavy atom. The first kappa shape index (κ1) is 22.3. The molecule has 0 amide bonds. The first-order chi connectivity index (χ1) is 16.3. The fraction of sp³-hybridized carbons (Fsp3) is 0.222. The number of halogens is 1. The lowest BCUT2D eigenvalue weighted by Crippen LogP contribution is -2.47. The van der Waals surface area contributed by atoms with Crippen LogP contribution in [-0.2, 0) is 9.84 Å². The largest absolute Gasteiger partial charge is 0.368 e. The van der Waals surface area contributed by atoms with E-state index in [4.69, 9.17) is 0 Å². The van der Waals surface area contributed by atoms with Gasteiger partial charge in [-0.1, -0.05) is 35.9 Å². The lowest BCUT2D eigenvalue weighted by Gasteiger charge is -2.39. The number of hydrogen-bond acceptors (Lipinski definition) is 5. The molecule has 0 radical (unpaired) electrons. The Balaban J connectivity index is 1.57. The Kier molecular flexibility index (Phi) is 5.73. The summed E-state index contributed by atoms with van der Waals surface area (Å²) in [5, 5.41) is 0.511. The Morgan fingerprint density at radius 2 is 1.56 bits per heavy atom. The van der Waals surface area contributed by atoms with Crippen molar-refractivity contribution in [2.45, 2.75) is 23.6 Å². The van der Waals surface area contributed by atoms with Crippen LogP contribution in [-0.4, -0.2) is 39.6 Å². The topological polar surface area (TPSA) is 53.5 Å². The number of fused-ring (bicyclic) bond motifs is 1. The molecule has 3 aromatic carbocycles. The highest BCUT2D eigenvalue weighted by Crippen LogP contribution is 2.37. The van der Waals surface area contributed by atoms with E-state index in [1.807, 2.05) is 0 Å². The minimum atomic E-state index is -3.84. The van der Waals surface area contributed by atoms with Gasteiger partial charge in [-0.05, 0) is 55.8 Å². The quantitative estimate of drug-likeness (QED) is 0.409. The fourth-order valence-electron chi connectivity index (χ4n) is 4.71. The van der Waals surface area contributed by atoms with Gasteiger partial charge in [0.1, 0.15) is 10.7 Å². The highest BCUT2D eigenvalue weighted by Gasteiger charge is 2.29. The molecule has 5 rings (SSSR count). The molecule has 4 aromatic rings. The SMILES string of the molecule is Cc1ccc(N2CCN(c3c(S(=O)(=O)c4ccccc4)cnc4ccc(F)cc34)CC2)c(C)c1. The normalized spacial score (nSPS) is 14.6. The molecular weight excluding hydrogens is 449 g/mol. The summed E-state index contributed by atoms with van der Waals surface area (Å²) < 4.78 is 41.5. The molecule has 0 atom stereocenters. The summed E-state index contributed by atoms with van der Waals surface area (Å²) in [5.41, 5.74) is 4.72. The van der Waals surface area contributed by atoms with Crippen LogP contribution in [0.25, 0.3) is 10.9 Å². The van der Waals surface area contributed by atoms with Gasteiger partial charge in [-0.2, -0.15) is 0 Å². The third-order valence-corrected chi connectivity index (χ3v) is 8.17. The molecule has 2 heterocycles. The van der Waals surface area contributed by atoms with Gasteiger partial charge in [0.15, 0.2) is 0 Å². The molecule has 0 saturated carbocycles.